The minimum absolute atomic E-state index is 0.198. The summed E-state index contributed by atoms with van der Waals surface area (Å²) in [5.74, 6) is 0. The van der Waals surface area contributed by atoms with Crippen LogP contribution in [0.1, 0.15) is 17.2 Å². The van der Waals surface area contributed by atoms with Gasteiger partial charge in [0.15, 0.2) is 0 Å². The summed E-state index contributed by atoms with van der Waals surface area (Å²) in [5.41, 5.74) is 2.11. The van der Waals surface area contributed by atoms with E-state index in [1.54, 1.807) is 0 Å². The number of halogens is 1. The zero-order chi connectivity index (χ0) is 12.3. The first-order valence-corrected chi connectivity index (χ1v) is 6.07. The van der Waals surface area contributed by atoms with E-state index >= 15 is 0 Å². The van der Waals surface area contributed by atoms with Crippen molar-refractivity contribution in [2.24, 2.45) is 0 Å². The van der Waals surface area contributed by atoms with Crippen molar-refractivity contribution >= 4 is 11.6 Å². The van der Waals surface area contributed by atoms with Gasteiger partial charge in [-0.15, -0.1) is 0 Å². The van der Waals surface area contributed by atoms with Gasteiger partial charge >= 0.3 is 0 Å². The van der Waals surface area contributed by atoms with E-state index in [0.29, 0.717) is 18.2 Å². The predicted molar refractivity (Wildman–Crippen MR) is 66.9 cm³/mol. The van der Waals surface area contributed by atoms with E-state index in [9.17, 15) is 5.26 Å². The molecule has 2 rings (SSSR count). The van der Waals surface area contributed by atoms with Crippen molar-refractivity contribution in [2.75, 3.05) is 26.3 Å². The standard InChI is InChI=1S/C13H15ClN2O/c1-10-8-11(14)2-3-12(10)13(9-15)16-4-6-17-7-5-16/h2-3,8,13H,4-7H2,1H3. The number of rotatable bonds is 2. The zero-order valence-corrected chi connectivity index (χ0v) is 10.6. The van der Waals surface area contributed by atoms with Gasteiger partial charge in [-0.2, -0.15) is 5.26 Å². The third kappa shape index (κ3) is 2.78. The third-order valence-electron chi connectivity index (χ3n) is 3.06. The van der Waals surface area contributed by atoms with Crippen molar-refractivity contribution in [3.8, 4) is 6.07 Å². The smallest absolute Gasteiger partial charge is 0.124 e. The topological polar surface area (TPSA) is 36.3 Å². The molecule has 0 bridgehead atoms. The summed E-state index contributed by atoms with van der Waals surface area (Å²) in [6.45, 7) is 5.00. The van der Waals surface area contributed by atoms with E-state index < -0.39 is 0 Å². The van der Waals surface area contributed by atoms with Crippen molar-refractivity contribution in [2.45, 2.75) is 13.0 Å². The second kappa shape index (κ2) is 5.50. The van der Waals surface area contributed by atoms with Crippen molar-refractivity contribution in [3.63, 3.8) is 0 Å². The lowest BCUT2D eigenvalue weighted by atomic mass is 10.0. The van der Waals surface area contributed by atoms with Crippen LogP contribution < -0.4 is 0 Å². The Morgan fingerprint density at radius 3 is 2.71 bits per heavy atom. The molecule has 1 aliphatic rings. The van der Waals surface area contributed by atoms with E-state index in [4.69, 9.17) is 16.3 Å². The van der Waals surface area contributed by atoms with Gasteiger partial charge in [0.05, 0.1) is 19.3 Å². The van der Waals surface area contributed by atoms with Crippen LogP contribution in [0.15, 0.2) is 18.2 Å². The average Bonchev–Trinajstić information content (AvgIpc) is 2.34. The number of nitrogens with zero attached hydrogens (tertiary/aromatic N) is 2. The summed E-state index contributed by atoms with van der Waals surface area (Å²) in [5, 5.41) is 10.1. The molecule has 3 nitrogen and oxygen atoms in total. The highest BCUT2D eigenvalue weighted by Gasteiger charge is 2.23. The maximum Gasteiger partial charge on any atom is 0.124 e. The fourth-order valence-corrected chi connectivity index (χ4v) is 2.36. The van der Waals surface area contributed by atoms with Gasteiger partial charge in [-0.1, -0.05) is 17.7 Å². The zero-order valence-electron chi connectivity index (χ0n) is 9.82. The molecule has 1 unspecified atom stereocenters. The fourth-order valence-electron chi connectivity index (χ4n) is 2.13. The van der Waals surface area contributed by atoms with Crippen LogP contribution in [0.4, 0.5) is 0 Å². The van der Waals surface area contributed by atoms with Gasteiger partial charge in [-0.25, -0.2) is 0 Å². The molecule has 4 heteroatoms. The van der Waals surface area contributed by atoms with Crippen molar-refractivity contribution < 1.29 is 4.74 Å². The van der Waals surface area contributed by atoms with Crippen LogP contribution in [-0.2, 0) is 4.74 Å². The van der Waals surface area contributed by atoms with Gasteiger partial charge in [0, 0.05) is 18.1 Å². The summed E-state index contributed by atoms with van der Waals surface area (Å²) in [6, 6.07) is 7.87. The first-order chi connectivity index (χ1) is 8.22. The van der Waals surface area contributed by atoms with E-state index in [1.165, 1.54) is 0 Å². The number of nitriles is 1. The highest BCUT2D eigenvalue weighted by molar-refractivity contribution is 6.30. The van der Waals surface area contributed by atoms with Gasteiger partial charge in [0.2, 0.25) is 0 Å². The van der Waals surface area contributed by atoms with E-state index in [0.717, 1.165) is 24.2 Å². The minimum atomic E-state index is -0.198. The van der Waals surface area contributed by atoms with Gasteiger partial charge in [0.25, 0.3) is 0 Å². The van der Waals surface area contributed by atoms with Crippen LogP contribution >= 0.6 is 11.6 Å². The Kier molecular flexibility index (Phi) is 4.01. The molecule has 1 aromatic rings. The van der Waals surface area contributed by atoms with Crippen LogP contribution in [-0.4, -0.2) is 31.2 Å². The lowest BCUT2D eigenvalue weighted by Gasteiger charge is -2.31. The number of aryl methyl sites for hydroxylation is 1. The van der Waals surface area contributed by atoms with Gasteiger partial charge in [-0.05, 0) is 30.2 Å². The van der Waals surface area contributed by atoms with Crippen LogP contribution in [0.25, 0.3) is 0 Å². The van der Waals surface area contributed by atoms with Gasteiger partial charge in [0.1, 0.15) is 6.04 Å². The molecule has 1 aromatic carbocycles. The molecule has 1 saturated heterocycles. The van der Waals surface area contributed by atoms with Gasteiger partial charge < -0.3 is 4.74 Å². The molecule has 0 aliphatic carbocycles. The lowest BCUT2D eigenvalue weighted by Crippen LogP contribution is -2.38. The summed E-state index contributed by atoms with van der Waals surface area (Å²) >= 11 is 5.93. The quantitative estimate of drug-likeness (QED) is 0.809. The van der Waals surface area contributed by atoms with E-state index in [2.05, 4.69) is 11.0 Å². The normalized spacial score (nSPS) is 18.6. The second-order valence-electron chi connectivity index (χ2n) is 4.18. The highest BCUT2D eigenvalue weighted by Crippen LogP contribution is 2.26. The monoisotopic (exact) mass is 250 g/mol. The maximum atomic E-state index is 9.36. The van der Waals surface area contributed by atoms with E-state index in [-0.39, 0.29) is 6.04 Å². The molecule has 1 heterocycles. The maximum absolute atomic E-state index is 9.36. The SMILES string of the molecule is Cc1cc(Cl)ccc1C(C#N)N1CCOCC1. The summed E-state index contributed by atoms with van der Waals surface area (Å²) < 4.78 is 5.31. The third-order valence-corrected chi connectivity index (χ3v) is 3.29. The van der Waals surface area contributed by atoms with Crippen molar-refractivity contribution in [1.29, 1.82) is 5.26 Å². The summed E-state index contributed by atoms with van der Waals surface area (Å²) in [7, 11) is 0. The molecule has 17 heavy (non-hydrogen) atoms. The van der Waals surface area contributed by atoms with Crippen molar-refractivity contribution in [1.82, 2.24) is 4.90 Å². The Morgan fingerprint density at radius 2 is 2.12 bits per heavy atom. The summed E-state index contributed by atoms with van der Waals surface area (Å²) in [6.07, 6.45) is 0. The molecule has 0 N–H and O–H groups in total. The molecule has 0 saturated carbocycles. The Balaban J connectivity index is 2.25. The van der Waals surface area contributed by atoms with Crippen LogP contribution in [0.3, 0.4) is 0 Å². The van der Waals surface area contributed by atoms with Crippen LogP contribution in [0, 0.1) is 18.3 Å². The minimum Gasteiger partial charge on any atom is -0.379 e. The highest BCUT2D eigenvalue weighted by atomic mass is 35.5. The Hall–Kier alpha value is -1.08. The summed E-state index contributed by atoms with van der Waals surface area (Å²) in [4.78, 5) is 2.15. The predicted octanol–water partition coefficient (Wildman–Crippen LogP) is 2.55. The second-order valence-corrected chi connectivity index (χ2v) is 4.62. The average molecular weight is 251 g/mol. The molecule has 1 fully saturated rings. The number of ether oxygens (including phenoxy) is 1. The molecule has 0 spiro atoms. The Bertz CT molecular complexity index is 436. The molecule has 0 radical (unpaired) electrons. The number of benzene rings is 1. The van der Waals surface area contributed by atoms with Gasteiger partial charge in [-0.3, -0.25) is 4.90 Å². The molecule has 1 aliphatic heterocycles. The number of hydrogen-bond donors (Lipinski definition) is 0. The fraction of sp³-hybridized carbons (Fsp3) is 0.462. The first kappa shape index (κ1) is 12.4. The molecular formula is C13H15ClN2O. The Labute approximate surface area is 107 Å². The number of morpholine rings is 1. The van der Waals surface area contributed by atoms with Crippen molar-refractivity contribution in [3.05, 3.63) is 34.3 Å². The molecule has 0 amide bonds. The molecule has 90 valence electrons. The van der Waals surface area contributed by atoms with E-state index in [1.807, 2.05) is 25.1 Å². The molecule has 1 atom stereocenters. The number of hydrogen-bond acceptors (Lipinski definition) is 3. The van der Waals surface area contributed by atoms with Crippen LogP contribution in [0.2, 0.25) is 5.02 Å². The molecular weight excluding hydrogens is 236 g/mol. The largest absolute Gasteiger partial charge is 0.379 e. The lowest BCUT2D eigenvalue weighted by molar-refractivity contribution is 0.0265. The van der Waals surface area contributed by atoms with Crippen LogP contribution in [0.5, 0.6) is 0 Å². The first-order valence-electron chi connectivity index (χ1n) is 5.70. The molecule has 0 aromatic heterocycles. The Morgan fingerprint density at radius 1 is 1.41 bits per heavy atom.